The van der Waals surface area contributed by atoms with Crippen LogP contribution in [0.1, 0.15) is 16.7 Å². The van der Waals surface area contributed by atoms with Gasteiger partial charge in [-0.05, 0) is 41.0 Å². The maximum absolute atomic E-state index is 12.2. The molecule has 0 unspecified atom stereocenters. The van der Waals surface area contributed by atoms with Crippen molar-refractivity contribution in [3.8, 4) is 0 Å². The summed E-state index contributed by atoms with van der Waals surface area (Å²) in [6.45, 7) is 1.97. The number of esters is 1. The molecule has 0 amide bonds. The molecule has 0 aliphatic carbocycles. The fourth-order valence-electron chi connectivity index (χ4n) is 2.86. The van der Waals surface area contributed by atoms with Crippen LogP contribution in [0.15, 0.2) is 77.4 Å². The lowest BCUT2D eigenvalue weighted by Gasteiger charge is -2.02. The summed E-state index contributed by atoms with van der Waals surface area (Å²) in [5, 5.41) is 2.21. The average Bonchev–Trinajstić information content (AvgIpc) is 2.96. The molecule has 24 heavy (non-hydrogen) atoms. The highest BCUT2D eigenvalue weighted by molar-refractivity contribution is 6.13. The number of cyclic esters (lactones) is 1. The summed E-state index contributed by atoms with van der Waals surface area (Å²) < 4.78 is 5.37. The van der Waals surface area contributed by atoms with Crippen molar-refractivity contribution in [2.24, 2.45) is 4.99 Å². The van der Waals surface area contributed by atoms with E-state index in [1.165, 1.54) is 0 Å². The van der Waals surface area contributed by atoms with E-state index in [4.69, 9.17) is 4.74 Å². The highest BCUT2D eigenvalue weighted by Crippen LogP contribution is 2.24. The maximum atomic E-state index is 12.2. The minimum absolute atomic E-state index is 0.324. The molecule has 3 nitrogen and oxygen atoms in total. The van der Waals surface area contributed by atoms with Crippen LogP contribution in [0.4, 0.5) is 0 Å². The van der Waals surface area contributed by atoms with Crippen molar-refractivity contribution in [1.29, 1.82) is 0 Å². The first-order valence-electron chi connectivity index (χ1n) is 7.79. The molecule has 0 fully saturated rings. The molecule has 3 aromatic carbocycles. The van der Waals surface area contributed by atoms with E-state index in [0.29, 0.717) is 11.6 Å². The number of benzene rings is 3. The predicted octanol–water partition coefficient (Wildman–Crippen LogP) is 4.49. The molecule has 1 aliphatic heterocycles. The van der Waals surface area contributed by atoms with E-state index >= 15 is 0 Å². The smallest absolute Gasteiger partial charge is 0.363 e. The van der Waals surface area contributed by atoms with Crippen LogP contribution >= 0.6 is 0 Å². The number of aryl methyl sites for hydroxylation is 1. The van der Waals surface area contributed by atoms with Gasteiger partial charge in [-0.25, -0.2) is 9.79 Å². The van der Waals surface area contributed by atoms with Gasteiger partial charge in [-0.3, -0.25) is 0 Å². The lowest BCUT2D eigenvalue weighted by Crippen LogP contribution is -2.06. The van der Waals surface area contributed by atoms with Crippen molar-refractivity contribution < 1.29 is 9.53 Å². The van der Waals surface area contributed by atoms with Crippen molar-refractivity contribution in [2.45, 2.75) is 6.92 Å². The molecule has 4 rings (SSSR count). The topological polar surface area (TPSA) is 38.7 Å². The van der Waals surface area contributed by atoms with Gasteiger partial charge in [-0.2, -0.15) is 0 Å². The second-order valence-electron chi connectivity index (χ2n) is 5.72. The van der Waals surface area contributed by atoms with Crippen LogP contribution in [-0.2, 0) is 9.53 Å². The summed E-state index contributed by atoms with van der Waals surface area (Å²) in [6.07, 6.45) is 1.79. The van der Waals surface area contributed by atoms with Gasteiger partial charge >= 0.3 is 5.97 Å². The van der Waals surface area contributed by atoms with Crippen LogP contribution in [0.5, 0.6) is 0 Å². The number of ether oxygens (including phenoxy) is 1. The maximum Gasteiger partial charge on any atom is 0.363 e. The predicted molar refractivity (Wildman–Crippen MR) is 95.7 cm³/mol. The van der Waals surface area contributed by atoms with Gasteiger partial charge in [0.2, 0.25) is 5.90 Å². The Morgan fingerprint density at radius 2 is 1.67 bits per heavy atom. The van der Waals surface area contributed by atoms with Crippen LogP contribution in [0.3, 0.4) is 0 Å². The Labute approximate surface area is 139 Å². The zero-order valence-corrected chi connectivity index (χ0v) is 13.2. The number of nitrogens with zero attached hydrogens (tertiary/aromatic N) is 1. The Morgan fingerprint density at radius 3 is 2.54 bits per heavy atom. The zero-order chi connectivity index (χ0) is 16.5. The molecule has 0 bridgehead atoms. The van der Waals surface area contributed by atoms with Crippen molar-refractivity contribution in [1.82, 2.24) is 0 Å². The summed E-state index contributed by atoms with van der Waals surface area (Å²) in [5.74, 6) is -0.0502. The molecular weight excluding hydrogens is 298 g/mol. The Hall–Kier alpha value is -3.20. The average molecular weight is 313 g/mol. The highest BCUT2D eigenvalue weighted by atomic mass is 16.6. The second-order valence-corrected chi connectivity index (χ2v) is 5.72. The van der Waals surface area contributed by atoms with Gasteiger partial charge in [0, 0.05) is 5.56 Å². The summed E-state index contributed by atoms with van der Waals surface area (Å²) in [6, 6.07) is 21.8. The third kappa shape index (κ3) is 2.50. The minimum atomic E-state index is -0.416. The lowest BCUT2D eigenvalue weighted by atomic mass is 10.0. The minimum Gasteiger partial charge on any atom is -0.402 e. The van der Waals surface area contributed by atoms with Crippen LogP contribution in [0.25, 0.3) is 16.8 Å². The molecule has 0 saturated heterocycles. The molecule has 116 valence electrons. The van der Waals surface area contributed by atoms with Crippen LogP contribution < -0.4 is 0 Å². The lowest BCUT2D eigenvalue weighted by molar-refractivity contribution is -0.129. The zero-order valence-electron chi connectivity index (χ0n) is 13.2. The van der Waals surface area contributed by atoms with Crippen molar-refractivity contribution in [3.05, 3.63) is 89.1 Å². The quantitative estimate of drug-likeness (QED) is 0.516. The summed E-state index contributed by atoms with van der Waals surface area (Å²) in [5.41, 5.74) is 3.14. The second kappa shape index (κ2) is 5.78. The third-order valence-corrected chi connectivity index (χ3v) is 4.11. The Bertz CT molecular complexity index is 1010. The van der Waals surface area contributed by atoms with Crippen molar-refractivity contribution in [3.63, 3.8) is 0 Å². The SMILES string of the molecule is Cc1ccccc1C1=NC(=Cc2cccc3ccccc23)C(=O)O1. The normalized spacial score (nSPS) is 15.6. The van der Waals surface area contributed by atoms with Gasteiger partial charge < -0.3 is 4.74 Å². The van der Waals surface area contributed by atoms with E-state index in [1.54, 1.807) is 6.08 Å². The van der Waals surface area contributed by atoms with Gasteiger partial charge in [-0.1, -0.05) is 60.7 Å². The number of hydrogen-bond donors (Lipinski definition) is 0. The summed E-state index contributed by atoms with van der Waals surface area (Å²) in [7, 11) is 0. The molecule has 0 N–H and O–H groups in total. The molecule has 0 aromatic heterocycles. The van der Waals surface area contributed by atoms with Gasteiger partial charge in [0.15, 0.2) is 5.70 Å². The molecule has 0 radical (unpaired) electrons. The monoisotopic (exact) mass is 313 g/mol. The Kier molecular flexibility index (Phi) is 3.47. The van der Waals surface area contributed by atoms with E-state index < -0.39 is 5.97 Å². The van der Waals surface area contributed by atoms with E-state index in [-0.39, 0.29) is 0 Å². The van der Waals surface area contributed by atoms with Crippen molar-refractivity contribution >= 4 is 28.7 Å². The van der Waals surface area contributed by atoms with E-state index in [9.17, 15) is 4.79 Å². The number of carbonyl (C=O) groups is 1. The molecule has 3 aromatic rings. The molecular formula is C21H15NO2. The molecule has 0 spiro atoms. The third-order valence-electron chi connectivity index (χ3n) is 4.11. The summed E-state index contributed by atoms with van der Waals surface area (Å²) >= 11 is 0. The van der Waals surface area contributed by atoms with E-state index in [0.717, 1.165) is 27.5 Å². The molecule has 0 atom stereocenters. The fraction of sp³-hybridized carbons (Fsp3) is 0.0476. The first kappa shape index (κ1) is 14.4. The van der Waals surface area contributed by atoms with E-state index in [1.807, 2.05) is 73.7 Å². The van der Waals surface area contributed by atoms with Gasteiger partial charge in [0.1, 0.15) is 0 Å². The van der Waals surface area contributed by atoms with Crippen LogP contribution in [-0.4, -0.2) is 11.9 Å². The first-order valence-corrected chi connectivity index (χ1v) is 7.79. The van der Waals surface area contributed by atoms with Crippen LogP contribution in [0.2, 0.25) is 0 Å². The van der Waals surface area contributed by atoms with Gasteiger partial charge in [0.25, 0.3) is 0 Å². The number of carbonyl (C=O) groups excluding carboxylic acids is 1. The molecule has 1 heterocycles. The first-order chi connectivity index (χ1) is 11.7. The number of fused-ring (bicyclic) bond motifs is 1. The Morgan fingerprint density at radius 1 is 0.917 bits per heavy atom. The standard InChI is InChI=1S/C21H15NO2/c1-14-7-2-4-11-17(14)20-22-19(21(23)24-20)13-16-10-6-9-15-8-3-5-12-18(15)16/h2-13H,1H3. The number of aliphatic imine (C=N–C) groups is 1. The Balaban J connectivity index is 1.80. The molecule has 1 aliphatic rings. The summed E-state index contributed by atoms with van der Waals surface area (Å²) in [4.78, 5) is 16.6. The van der Waals surface area contributed by atoms with Gasteiger partial charge in [-0.15, -0.1) is 0 Å². The molecule has 0 saturated carbocycles. The van der Waals surface area contributed by atoms with Crippen molar-refractivity contribution in [2.75, 3.05) is 0 Å². The fourth-order valence-corrected chi connectivity index (χ4v) is 2.86. The van der Waals surface area contributed by atoms with E-state index in [2.05, 4.69) is 4.99 Å². The van der Waals surface area contributed by atoms with Gasteiger partial charge in [0.05, 0.1) is 0 Å². The largest absolute Gasteiger partial charge is 0.402 e. The van der Waals surface area contributed by atoms with Crippen LogP contribution in [0, 0.1) is 6.92 Å². The number of rotatable bonds is 2. The number of hydrogen-bond acceptors (Lipinski definition) is 3. The molecule has 3 heteroatoms. The highest BCUT2D eigenvalue weighted by Gasteiger charge is 2.25.